The fourth-order valence-corrected chi connectivity index (χ4v) is 1.80. The van der Waals surface area contributed by atoms with Gasteiger partial charge >= 0.3 is 6.09 Å². The van der Waals surface area contributed by atoms with Crippen molar-refractivity contribution in [3.8, 4) is 17.6 Å². The largest absolute Gasteiger partial charge is 0.505 e. The van der Waals surface area contributed by atoms with E-state index in [1.54, 1.807) is 6.07 Å². The zero-order valence-corrected chi connectivity index (χ0v) is 13.0. The topological polar surface area (TPSA) is 71.5 Å². The third kappa shape index (κ3) is 5.89. The fraction of sp³-hybridized carbons (Fsp3) is 0.176. The lowest BCUT2D eigenvalue weighted by Crippen LogP contribution is -2.24. The highest BCUT2D eigenvalue weighted by Gasteiger charge is 2.01. The molecule has 0 bridgehead atoms. The molecule has 0 saturated heterocycles. The molecule has 0 aliphatic carbocycles. The number of aromatic nitrogens is 1. The molecule has 2 N–H and O–H groups in total. The third-order valence-corrected chi connectivity index (χ3v) is 3.06. The number of benzene rings is 1. The van der Waals surface area contributed by atoms with E-state index < -0.39 is 6.09 Å². The van der Waals surface area contributed by atoms with Crippen molar-refractivity contribution in [3.05, 3.63) is 58.9 Å². The van der Waals surface area contributed by atoms with Gasteiger partial charge in [0.05, 0.1) is 0 Å². The summed E-state index contributed by atoms with van der Waals surface area (Å²) in [6.07, 6.45) is -0.0397. The summed E-state index contributed by atoms with van der Waals surface area (Å²) in [7, 11) is 0. The van der Waals surface area contributed by atoms with Gasteiger partial charge in [0.1, 0.15) is 12.3 Å². The van der Waals surface area contributed by atoms with Gasteiger partial charge in [0.2, 0.25) is 0 Å². The number of alkyl carbamates (subject to hydrolysis) is 1. The first kappa shape index (κ1) is 16.7. The second-order valence-electron chi connectivity index (χ2n) is 4.55. The van der Waals surface area contributed by atoms with Crippen LogP contribution in [0.1, 0.15) is 17.7 Å². The number of hydrogen-bond donors (Lipinski definition) is 2. The molecule has 2 rings (SSSR count). The average molecular weight is 331 g/mol. The van der Waals surface area contributed by atoms with Gasteiger partial charge < -0.3 is 15.2 Å². The number of nitrogens with one attached hydrogen (secondary N) is 1. The van der Waals surface area contributed by atoms with Crippen molar-refractivity contribution >= 4 is 17.7 Å². The van der Waals surface area contributed by atoms with Crippen LogP contribution in [-0.4, -0.2) is 22.7 Å². The fourth-order valence-electron chi connectivity index (χ4n) is 1.65. The summed E-state index contributed by atoms with van der Waals surface area (Å²) in [6.45, 7) is 0.598. The highest BCUT2D eigenvalue weighted by molar-refractivity contribution is 6.30. The summed E-state index contributed by atoms with van der Waals surface area (Å²) < 4.78 is 5.07. The summed E-state index contributed by atoms with van der Waals surface area (Å²) in [4.78, 5) is 15.4. The second kappa shape index (κ2) is 8.66. The number of aromatic hydroxyl groups is 1. The monoisotopic (exact) mass is 330 g/mol. The van der Waals surface area contributed by atoms with Crippen LogP contribution in [0.2, 0.25) is 5.15 Å². The number of amides is 1. The Balaban J connectivity index is 1.68. The standard InChI is InChI=1S/C17H15ClN2O3/c18-16-15(21)10-9-14(20-16)8-4-5-11-19-17(22)23-12-13-6-2-1-3-7-13/h1-3,6-7,9-10,21H,5,11-12H2,(H,19,22). The lowest BCUT2D eigenvalue weighted by Gasteiger charge is -2.05. The minimum absolute atomic E-state index is 0.0133. The van der Waals surface area contributed by atoms with Crippen molar-refractivity contribution < 1.29 is 14.6 Å². The van der Waals surface area contributed by atoms with Gasteiger partial charge in [-0.1, -0.05) is 47.9 Å². The summed E-state index contributed by atoms with van der Waals surface area (Å²) in [5, 5.41) is 11.9. The predicted molar refractivity (Wildman–Crippen MR) is 87.0 cm³/mol. The van der Waals surface area contributed by atoms with Crippen LogP contribution in [0.4, 0.5) is 4.79 Å². The minimum Gasteiger partial charge on any atom is -0.505 e. The highest BCUT2D eigenvalue weighted by Crippen LogP contribution is 2.19. The lowest BCUT2D eigenvalue weighted by molar-refractivity contribution is 0.140. The number of hydrogen-bond acceptors (Lipinski definition) is 4. The summed E-state index contributed by atoms with van der Waals surface area (Å²) >= 11 is 5.68. The van der Waals surface area contributed by atoms with Gasteiger partial charge in [0, 0.05) is 13.0 Å². The molecule has 0 aliphatic heterocycles. The minimum atomic E-state index is -0.485. The van der Waals surface area contributed by atoms with Crippen LogP contribution in [0.15, 0.2) is 42.5 Å². The van der Waals surface area contributed by atoms with Gasteiger partial charge in [-0.3, -0.25) is 0 Å². The van der Waals surface area contributed by atoms with E-state index in [-0.39, 0.29) is 17.5 Å². The molecule has 0 unspecified atom stereocenters. The van der Waals surface area contributed by atoms with E-state index in [2.05, 4.69) is 22.1 Å². The first-order valence-corrected chi connectivity index (χ1v) is 7.32. The molecule has 118 valence electrons. The molecular formula is C17H15ClN2O3. The zero-order valence-electron chi connectivity index (χ0n) is 12.3. The molecule has 0 spiro atoms. The number of carbonyl (C=O) groups is 1. The molecular weight excluding hydrogens is 316 g/mol. The van der Waals surface area contributed by atoms with Gasteiger partial charge in [-0.05, 0) is 23.6 Å². The first-order chi connectivity index (χ1) is 11.1. The zero-order chi connectivity index (χ0) is 16.5. The Morgan fingerprint density at radius 3 is 2.78 bits per heavy atom. The van der Waals surface area contributed by atoms with E-state index >= 15 is 0 Å². The Morgan fingerprint density at radius 1 is 1.26 bits per heavy atom. The van der Waals surface area contributed by atoms with E-state index in [1.165, 1.54) is 6.07 Å². The number of pyridine rings is 1. The van der Waals surface area contributed by atoms with Gasteiger partial charge in [0.25, 0.3) is 0 Å². The molecule has 1 heterocycles. The molecule has 1 aromatic carbocycles. The molecule has 23 heavy (non-hydrogen) atoms. The SMILES string of the molecule is O=C(NCCC#Cc1ccc(O)c(Cl)n1)OCc1ccccc1. The van der Waals surface area contributed by atoms with E-state index in [9.17, 15) is 9.90 Å². The number of nitrogens with zero attached hydrogens (tertiary/aromatic N) is 1. The van der Waals surface area contributed by atoms with E-state index in [4.69, 9.17) is 16.3 Å². The lowest BCUT2D eigenvalue weighted by atomic mass is 10.2. The number of ether oxygens (including phenoxy) is 1. The normalized spacial score (nSPS) is 9.61. The maximum Gasteiger partial charge on any atom is 0.407 e. The van der Waals surface area contributed by atoms with E-state index in [0.29, 0.717) is 18.7 Å². The molecule has 0 saturated carbocycles. The van der Waals surface area contributed by atoms with Crippen molar-refractivity contribution in [3.63, 3.8) is 0 Å². The number of rotatable bonds is 4. The summed E-state index contributed by atoms with van der Waals surface area (Å²) in [5.74, 6) is 5.57. The van der Waals surface area contributed by atoms with Crippen molar-refractivity contribution in [2.75, 3.05) is 6.54 Å². The maximum atomic E-state index is 11.5. The van der Waals surface area contributed by atoms with Gasteiger partial charge in [0.15, 0.2) is 10.9 Å². The Kier molecular flexibility index (Phi) is 6.28. The molecule has 0 atom stereocenters. The van der Waals surface area contributed by atoms with Crippen LogP contribution >= 0.6 is 11.6 Å². The van der Waals surface area contributed by atoms with E-state index in [0.717, 1.165) is 5.56 Å². The predicted octanol–water partition coefficient (Wildman–Crippen LogP) is 3.11. The average Bonchev–Trinajstić information content (AvgIpc) is 2.57. The molecule has 0 radical (unpaired) electrons. The third-order valence-electron chi connectivity index (χ3n) is 2.78. The molecule has 5 nitrogen and oxygen atoms in total. The number of carbonyl (C=O) groups excluding carboxylic acids is 1. The smallest absolute Gasteiger partial charge is 0.407 e. The molecule has 0 fully saturated rings. The van der Waals surface area contributed by atoms with Crippen molar-refractivity contribution in [2.24, 2.45) is 0 Å². The van der Waals surface area contributed by atoms with Crippen LogP contribution in [-0.2, 0) is 11.3 Å². The number of halogens is 1. The van der Waals surface area contributed by atoms with Crippen LogP contribution < -0.4 is 5.32 Å². The Morgan fingerprint density at radius 2 is 2.04 bits per heavy atom. The first-order valence-electron chi connectivity index (χ1n) is 6.94. The Labute approximate surface area is 139 Å². The van der Waals surface area contributed by atoms with Gasteiger partial charge in [-0.15, -0.1) is 0 Å². The van der Waals surface area contributed by atoms with Crippen LogP contribution in [0, 0.1) is 11.8 Å². The highest BCUT2D eigenvalue weighted by atomic mass is 35.5. The Hall–Kier alpha value is -2.71. The second-order valence-corrected chi connectivity index (χ2v) is 4.90. The summed E-state index contributed by atoms with van der Waals surface area (Å²) in [6, 6.07) is 12.4. The van der Waals surface area contributed by atoms with Crippen LogP contribution in [0.3, 0.4) is 0 Å². The van der Waals surface area contributed by atoms with E-state index in [1.807, 2.05) is 30.3 Å². The van der Waals surface area contributed by atoms with Gasteiger partial charge in [-0.2, -0.15) is 0 Å². The molecule has 6 heteroatoms. The molecule has 0 aliphatic rings. The van der Waals surface area contributed by atoms with Crippen molar-refractivity contribution in [1.82, 2.24) is 10.3 Å². The van der Waals surface area contributed by atoms with Crippen LogP contribution in [0.25, 0.3) is 0 Å². The molecule has 2 aromatic rings. The quantitative estimate of drug-likeness (QED) is 0.513. The van der Waals surface area contributed by atoms with Crippen LogP contribution in [0.5, 0.6) is 5.75 Å². The van der Waals surface area contributed by atoms with Crippen molar-refractivity contribution in [2.45, 2.75) is 13.0 Å². The Bertz CT molecular complexity index is 724. The molecule has 1 amide bonds. The molecule has 1 aromatic heterocycles. The summed E-state index contributed by atoms with van der Waals surface area (Å²) in [5.41, 5.74) is 1.39. The van der Waals surface area contributed by atoms with Gasteiger partial charge in [-0.25, -0.2) is 9.78 Å². The van der Waals surface area contributed by atoms with Crippen molar-refractivity contribution in [1.29, 1.82) is 0 Å². The maximum absolute atomic E-state index is 11.5.